The number of anilines is 1. The maximum atomic E-state index is 11.5. The number of alkyl carbamates (subject to hydrolysis) is 1. The molecule has 0 spiro atoms. The molecular weight excluding hydrogens is 342 g/mol. The van der Waals surface area contributed by atoms with Crippen molar-refractivity contribution in [1.29, 1.82) is 0 Å². The maximum Gasteiger partial charge on any atom is 0.407 e. The summed E-state index contributed by atoms with van der Waals surface area (Å²) in [5.41, 5.74) is 4.09. The first-order valence-corrected chi connectivity index (χ1v) is 7.36. The van der Waals surface area contributed by atoms with E-state index in [-0.39, 0.29) is 22.8 Å². The molecule has 0 aliphatic carbocycles. The smallest absolute Gasteiger partial charge is 0.407 e. The van der Waals surface area contributed by atoms with Gasteiger partial charge in [-0.15, -0.1) is 0 Å². The number of nitro groups is 1. The first kappa shape index (κ1) is 19.9. The number of nitrogen functional groups attached to an aromatic ring is 1. The number of nitrogens with one attached hydrogen (secondary N) is 1. The van der Waals surface area contributed by atoms with Crippen LogP contribution in [0.1, 0.15) is 32.4 Å². The zero-order valence-electron chi connectivity index (χ0n) is 13.4. The Bertz CT molecular complexity index is 632. The standard InChI is InChI=1S/C14H20ClN3O6/c1-14(2,3)24-13(21)17-6-11(19)12(20)7-4-10(18(22)23)9(16)5-8(7)15/h4-5,11-12,19-20H,6,16H2,1-3H3,(H,17,21). The zero-order chi connectivity index (χ0) is 18.7. The van der Waals surface area contributed by atoms with Crippen LogP contribution in [-0.2, 0) is 4.74 Å². The number of rotatable bonds is 5. The van der Waals surface area contributed by atoms with Crippen LogP contribution in [0.5, 0.6) is 0 Å². The lowest BCUT2D eigenvalue weighted by Crippen LogP contribution is -2.38. The number of aliphatic hydroxyl groups excluding tert-OH is 2. The van der Waals surface area contributed by atoms with Gasteiger partial charge in [-0.1, -0.05) is 11.6 Å². The number of ether oxygens (including phenoxy) is 1. The summed E-state index contributed by atoms with van der Waals surface area (Å²) in [6, 6.07) is 2.10. The normalized spacial score (nSPS) is 13.9. The molecular formula is C14H20ClN3O6. The zero-order valence-corrected chi connectivity index (χ0v) is 14.2. The quantitative estimate of drug-likeness (QED) is 0.354. The van der Waals surface area contributed by atoms with Crippen molar-refractivity contribution in [2.75, 3.05) is 12.3 Å². The van der Waals surface area contributed by atoms with Crippen LogP contribution in [0.25, 0.3) is 0 Å². The van der Waals surface area contributed by atoms with Crippen molar-refractivity contribution in [3.63, 3.8) is 0 Å². The molecule has 0 radical (unpaired) electrons. The lowest BCUT2D eigenvalue weighted by atomic mass is 10.0. The second kappa shape index (κ2) is 7.65. The summed E-state index contributed by atoms with van der Waals surface area (Å²) in [5.74, 6) is 0. The van der Waals surface area contributed by atoms with Gasteiger partial charge >= 0.3 is 6.09 Å². The molecule has 1 aromatic rings. The summed E-state index contributed by atoms with van der Waals surface area (Å²) in [7, 11) is 0. The van der Waals surface area contributed by atoms with Gasteiger partial charge in [0.05, 0.1) is 4.92 Å². The van der Waals surface area contributed by atoms with Crippen LogP contribution in [0.4, 0.5) is 16.2 Å². The molecule has 0 saturated carbocycles. The van der Waals surface area contributed by atoms with E-state index in [0.29, 0.717) is 0 Å². The maximum absolute atomic E-state index is 11.5. The Morgan fingerprint density at radius 1 is 1.46 bits per heavy atom. The van der Waals surface area contributed by atoms with Crippen LogP contribution >= 0.6 is 11.6 Å². The van der Waals surface area contributed by atoms with E-state index in [0.717, 1.165) is 12.1 Å². The number of hydrogen-bond acceptors (Lipinski definition) is 7. The molecule has 0 aliphatic rings. The highest BCUT2D eigenvalue weighted by Crippen LogP contribution is 2.33. The van der Waals surface area contributed by atoms with Gasteiger partial charge in [0.25, 0.3) is 5.69 Å². The molecule has 0 aromatic heterocycles. The van der Waals surface area contributed by atoms with Crippen molar-refractivity contribution < 1.29 is 24.7 Å². The number of aliphatic hydroxyl groups is 2. The summed E-state index contributed by atoms with van der Waals surface area (Å²) in [4.78, 5) is 21.7. The van der Waals surface area contributed by atoms with E-state index >= 15 is 0 Å². The van der Waals surface area contributed by atoms with Crippen LogP contribution in [0, 0.1) is 10.1 Å². The number of benzene rings is 1. The molecule has 10 heteroatoms. The molecule has 134 valence electrons. The second-order valence-corrected chi connectivity index (χ2v) is 6.49. The van der Waals surface area contributed by atoms with Crippen molar-refractivity contribution in [2.24, 2.45) is 0 Å². The molecule has 1 aromatic carbocycles. The fraction of sp³-hybridized carbons (Fsp3) is 0.500. The molecule has 2 atom stereocenters. The highest BCUT2D eigenvalue weighted by atomic mass is 35.5. The molecule has 0 bridgehead atoms. The number of carbonyl (C=O) groups excluding carboxylic acids is 1. The van der Waals surface area contributed by atoms with Crippen LogP contribution in [0.2, 0.25) is 5.02 Å². The number of nitrogens with zero attached hydrogens (tertiary/aromatic N) is 1. The second-order valence-electron chi connectivity index (χ2n) is 6.08. The number of amides is 1. The lowest BCUT2D eigenvalue weighted by molar-refractivity contribution is -0.384. The fourth-order valence-electron chi connectivity index (χ4n) is 1.80. The first-order valence-electron chi connectivity index (χ1n) is 6.98. The number of carbonyl (C=O) groups is 1. The van der Waals surface area contributed by atoms with Crippen LogP contribution in [0.15, 0.2) is 12.1 Å². The molecule has 1 amide bonds. The average Bonchev–Trinajstić information content (AvgIpc) is 2.41. The molecule has 2 unspecified atom stereocenters. The molecule has 5 N–H and O–H groups in total. The highest BCUT2D eigenvalue weighted by molar-refractivity contribution is 6.31. The summed E-state index contributed by atoms with van der Waals surface area (Å²) >= 11 is 5.91. The first-order chi connectivity index (χ1) is 10.9. The lowest BCUT2D eigenvalue weighted by Gasteiger charge is -2.22. The molecule has 0 saturated heterocycles. The van der Waals surface area contributed by atoms with Gasteiger partial charge in [0.1, 0.15) is 23.5 Å². The highest BCUT2D eigenvalue weighted by Gasteiger charge is 2.26. The van der Waals surface area contributed by atoms with Crippen molar-refractivity contribution in [3.8, 4) is 0 Å². The number of nitrogens with two attached hydrogens (primary N) is 1. The molecule has 0 aliphatic heterocycles. The van der Waals surface area contributed by atoms with Gasteiger partial charge in [-0.3, -0.25) is 10.1 Å². The molecule has 0 heterocycles. The monoisotopic (exact) mass is 361 g/mol. The Hall–Kier alpha value is -2.10. The van der Waals surface area contributed by atoms with Crippen molar-refractivity contribution in [2.45, 2.75) is 38.6 Å². The minimum atomic E-state index is -1.56. The molecule has 24 heavy (non-hydrogen) atoms. The summed E-state index contributed by atoms with van der Waals surface area (Å²) in [6.45, 7) is 4.67. The third-order valence-electron chi connectivity index (χ3n) is 2.88. The largest absolute Gasteiger partial charge is 0.444 e. The number of halogens is 1. The molecule has 9 nitrogen and oxygen atoms in total. The predicted molar refractivity (Wildman–Crippen MR) is 87.7 cm³/mol. The fourth-order valence-corrected chi connectivity index (χ4v) is 2.08. The Labute approximate surface area is 143 Å². The van der Waals surface area contributed by atoms with Gasteiger partial charge in [-0.2, -0.15) is 0 Å². The van der Waals surface area contributed by atoms with E-state index in [4.69, 9.17) is 22.1 Å². The average molecular weight is 362 g/mol. The van der Waals surface area contributed by atoms with Gasteiger partial charge in [0.15, 0.2) is 0 Å². The number of nitro benzene ring substituents is 1. The van der Waals surface area contributed by atoms with Crippen LogP contribution in [-0.4, -0.2) is 39.5 Å². The van der Waals surface area contributed by atoms with E-state index in [9.17, 15) is 25.1 Å². The Balaban J connectivity index is 2.82. The van der Waals surface area contributed by atoms with Crippen molar-refractivity contribution >= 4 is 29.1 Å². The van der Waals surface area contributed by atoms with E-state index < -0.39 is 34.5 Å². The minimum Gasteiger partial charge on any atom is -0.444 e. The van der Waals surface area contributed by atoms with Gasteiger partial charge in [0, 0.05) is 23.2 Å². The van der Waals surface area contributed by atoms with Gasteiger partial charge in [-0.05, 0) is 26.8 Å². The topological polar surface area (TPSA) is 148 Å². The van der Waals surface area contributed by atoms with Crippen LogP contribution in [0.3, 0.4) is 0 Å². The molecule has 0 fully saturated rings. The van der Waals surface area contributed by atoms with E-state index in [2.05, 4.69) is 5.32 Å². The van der Waals surface area contributed by atoms with E-state index in [1.54, 1.807) is 20.8 Å². The van der Waals surface area contributed by atoms with E-state index in [1.807, 2.05) is 0 Å². The minimum absolute atomic E-state index is 0.0399. The van der Waals surface area contributed by atoms with E-state index in [1.165, 1.54) is 0 Å². The van der Waals surface area contributed by atoms with Crippen molar-refractivity contribution in [1.82, 2.24) is 5.32 Å². The van der Waals surface area contributed by atoms with Gasteiger partial charge in [-0.25, -0.2) is 4.79 Å². The third-order valence-corrected chi connectivity index (χ3v) is 3.21. The van der Waals surface area contributed by atoms with Gasteiger partial charge in [0.2, 0.25) is 0 Å². The Kier molecular flexibility index (Phi) is 6.35. The number of hydrogen-bond donors (Lipinski definition) is 4. The third kappa shape index (κ3) is 5.52. The van der Waals surface area contributed by atoms with Crippen LogP contribution < -0.4 is 11.1 Å². The molecule has 1 rings (SSSR count). The Morgan fingerprint density at radius 3 is 2.54 bits per heavy atom. The predicted octanol–water partition coefficient (Wildman–Crippen LogP) is 1.75. The SMILES string of the molecule is CC(C)(C)OC(=O)NCC(O)C(O)c1cc([N+](=O)[O-])c(N)cc1Cl. The van der Waals surface area contributed by atoms with Gasteiger partial charge < -0.3 is 26.0 Å². The summed E-state index contributed by atoms with van der Waals surface area (Å²) < 4.78 is 4.99. The Morgan fingerprint density at radius 2 is 2.04 bits per heavy atom. The summed E-state index contributed by atoms with van der Waals surface area (Å²) in [5, 5.41) is 33.2. The summed E-state index contributed by atoms with van der Waals surface area (Å²) in [6.07, 6.45) is -3.80. The van der Waals surface area contributed by atoms with Crippen molar-refractivity contribution in [3.05, 3.63) is 32.8 Å².